The number of carbonyl (C=O) groups is 4. The van der Waals surface area contributed by atoms with E-state index in [1.54, 1.807) is 0 Å². The number of benzene rings is 1. The standard InChI is InChI=1S/C20H23N5O7/c21-16-12(18(30)25-20(22)24-16)2-1-3-14(26)10-4-6-11(7-5-10)17(29)23-13(19(31)32)8-9-15(27)28/h4-7,13H,1-3,8-9H2,(H,23,29)(H,27,28)(H,31,32)(H5,21,22,24,25,30)/t13-/m0/s1. The van der Waals surface area contributed by atoms with Gasteiger partial charge in [0.2, 0.25) is 5.95 Å². The van der Waals surface area contributed by atoms with Gasteiger partial charge in [-0.05, 0) is 31.4 Å². The van der Waals surface area contributed by atoms with Gasteiger partial charge < -0.3 is 27.0 Å². The SMILES string of the molecule is Nc1nc(N)c(CCCC(=O)c2ccc(C(=O)N[C@@H](CCC(=O)O)C(=O)O)cc2)c(=O)[nH]1. The lowest BCUT2D eigenvalue weighted by atomic mass is 10.0. The number of nitrogen functional groups attached to an aromatic ring is 2. The van der Waals surface area contributed by atoms with E-state index in [0.29, 0.717) is 12.0 Å². The van der Waals surface area contributed by atoms with Crippen LogP contribution in [0.25, 0.3) is 0 Å². The molecule has 0 aliphatic carbocycles. The Morgan fingerprint density at radius 2 is 1.66 bits per heavy atom. The number of carboxylic acid groups (broad SMARTS) is 2. The first kappa shape index (κ1) is 24.1. The van der Waals surface area contributed by atoms with Crippen LogP contribution in [0.4, 0.5) is 11.8 Å². The molecule has 0 fully saturated rings. The minimum absolute atomic E-state index is 0.0112. The maximum Gasteiger partial charge on any atom is 0.326 e. The predicted octanol–water partition coefficient (Wildman–Crippen LogP) is 0.188. The number of amides is 1. The summed E-state index contributed by atoms with van der Waals surface area (Å²) in [5.74, 6) is -3.52. The highest BCUT2D eigenvalue weighted by Gasteiger charge is 2.21. The van der Waals surface area contributed by atoms with E-state index in [4.69, 9.17) is 21.7 Å². The normalized spacial score (nSPS) is 11.5. The maximum absolute atomic E-state index is 12.4. The van der Waals surface area contributed by atoms with Crippen LogP contribution in [-0.4, -0.2) is 49.9 Å². The number of nitrogens with one attached hydrogen (secondary N) is 2. The van der Waals surface area contributed by atoms with Crippen molar-refractivity contribution in [1.29, 1.82) is 0 Å². The van der Waals surface area contributed by atoms with Gasteiger partial charge in [-0.25, -0.2) is 4.79 Å². The Hall–Kier alpha value is -4.22. The van der Waals surface area contributed by atoms with Gasteiger partial charge in [0.25, 0.3) is 11.5 Å². The number of aromatic nitrogens is 2. The number of aliphatic carboxylic acids is 2. The molecule has 32 heavy (non-hydrogen) atoms. The zero-order valence-electron chi connectivity index (χ0n) is 17.0. The molecule has 170 valence electrons. The second-order valence-corrected chi connectivity index (χ2v) is 6.97. The smallest absolute Gasteiger partial charge is 0.326 e. The minimum Gasteiger partial charge on any atom is -0.481 e. The number of carbonyl (C=O) groups excluding carboxylic acids is 2. The number of ketones is 1. The van der Waals surface area contributed by atoms with Crippen LogP contribution < -0.4 is 22.3 Å². The summed E-state index contributed by atoms with van der Waals surface area (Å²) in [5, 5.41) is 20.1. The van der Waals surface area contributed by atoms with Crippen molar-refractivity contribution in [2.45, 2.75) is 38.1 Å². The second kappa shape index (κ2) is 10.7. The lowest BCUT2D eigenvalue weighted by Crippen LogP contribution is -2.41. The highest BCUT2D eigenvalue weighted by atomic mass is 16.4. The molecule has 8 N–H and O–H groups in total. The van der Waals surface area contributed by atoms with E-state index in [-0.39, 0.29) is 47.9 Å². The van der Waals surface area contributed by atoms with Gasteiger partial charge in [0.15, 0.2) is 5.78 Å². The first-order valence-corrected chi connectivity index (χ1v) is 9.61. The monoisotopic (exact) mass is 445 g/mol. The summed E-state index contributed by atoms with van der Waals surface area (Å²) in [4.78, 5) is 64.4. The van der Waals surface area contributed by atoms with E-state index < -0.39 is 35.9 Å². The number of anilines is 2. The van der Waals surface area contributed by atoms with Crippen molar-refractivity contribution in [2.75, 3.05) is 11.5 Å². The molecule has 1 atom stereocenters. The number of nitrogens with two attached hydrogens (primary N) is 2. The molecule has 0 aliphatic rings. The van der Waals surface area contributed by atoms with Crippen molar-refractivity contribution >= 4 is 35.4 Å². The number of nitrogens with zero attached hydrogens (tertiary/aromatic N) is 1. The summed E-state index contributed by atoms with van der Waals surface area (Å²) in [6, 6.07) is 4.24. The van der Waals surface area contributed by atoms with E-state index in [1.165, 1.54) is 24.3 Å². The molecule has 12 heteroatoms. The molecule has 2 rings (SSSR count). The lowest BCUT2D eigenvalue weighted by Gasteiger charge is -2.13. The molecule has 0 aliphatic heterocycles. The van der Waals surface area contributed by atoms with Crippen LogP contribution >= 0.6 is 0 Å². The number of aromatic amines is 1. The van der Waals surface area contributed by atoms with Crippen LogP contribution in [0.2, 0.25) is 0 Å². The zero-order valence-corrected chi connectivity index (χ0v) is 17.0. The van der Waals surface area contributed by atoms with Crippen LogP contribution in [0.3, 0.4) is 0 Å². The van der Waals surface area contributed by atoms with Crippen LogP contribution in [0.1, 0.15) is 52.0 Å². The Balaban J connectivity index is 1.94. The number of hydrogen-bond acceptors (Lipinski definition) is 8. The van der Waals surface area contributed by atoms with Gasteiger partial charge >= 0.3 is 11.9 Å². The fourth-order valence-electron chi connectivity index (χ4n) is 2.92. The summed E-state index contributed by atoms with van der Waals surface area (Å²) in [7, 11) is 0. The van der Waals surface area contributed by atoms with Crippen LogP contribution in [0.5, 0.6) is 0 Å². The third kappa shape index (κ3) is 6.65. The summed E-state index contributed by atoms with van der Waals surface area (Å²) in [6.07, 6.45) is 0.0149. The van der Waals surface area contributed by atoms with Gasteiger partial charge in [-0.15, -0.1) is 0 Å². The second-order valence-electron chi connectivity index (χ2n) is 6.97. The van der Waals surface area contributed by atoms with Crippen molar-refractivity contribution in [1.82, 2.24) is 15.3 Å². The molecule has 0 unspecified atom stereocenters. The maximum atomic E-state index is 12.4. The van der Waals surface area contributed by atoms with E-state index in [2.05, 4.69) is 15.3 Å². The largest absolute Gasteiger partial charge is 0.481 e. The van der Waals surface area contributed by atoms with Gasteiger partial charge in [0, 0.05) is 24.0 Å². The number of H-pyrrole nitrogens is 1. The molecule has 1 heterocycles. The van der Waals surface area contributed by atoms with Crippen molar-refractivity contribution in [2.24, 2.45) is 0 Å². The van der Waals surface area contributed by atoms with Gasteiger partial charge in [-0.3, -0.25) is 24.2 Å². The topological polar surface area (TPSA) is 219 Å². The summed E-state index contributed by atoms with van der Waals surface area (Å²) < 4.78 is 0. The summed E-state index contributed by atoms with van der Waals surface area (Å²) in [5.41, 5.74) is 11.3. The first-order valence-electron chi connectivity index (χ1n) is 9.61. The molecular formula is C20H23N5O7. The number of rotatable bonds is 11. The van der Waals surface area contributed by atoms with Crippen molar-refractivity contribution in [3.63, 3.8) is 0 Å². The zero-order chi connectivity index (χ0) is 23.8. The van der Waals surface area contributed by atoms with Gasteiger partial charge in [0.05, 0.1) is 5.56 Å². The first-order chi connectivity index (χ1) is 15.1. The van der Waals surface area contributed by atoms with Gasteiger partial charge in [-0.2, -0.15) is 4.98 Å². The van der Waals surface area contributed by atoms with Crippen molar-refractivity contribution < 1.29 is 29.4 Å². The molecule has 1 amide bonds. The predicted molar refractivity (Wildman–Crippen MR) is 113 cm³/mol. The van der Waals surface area contributed by atoms with Crippen LogP contribution in [0, 0.1) is 0 Å². The van der Waals surface area contributed by atoms with E-state index in [0.717, 1.165) is 0 Å². The number of hydrogen-bond donors (Lipinski definition) is 6. The molecule has 0 saturated carbocycles. The third-order valence-electron chi connectivity index (χ3n) is 4.62. The Morgan fingerprint density at radius 1 is 1.03 bits per heavy atom. The van der Waals surface area contributed by atoms with Crippen molar-refractivity contribution in [3.8, 4) is 0 Å². The molecule has 1 aromatic heterocycles. The number of carboxylic acids is 2. The Bertz CT molecular complexity index is 1080. The number of Topliss-reactive ketones (excluding diaryl/α,β-unsaturated/α-hetero) is 1. The quantitative estimate of drug-likeness (QED) is 0.258. The van der Waals surface area contributed by atoms with E-state index >= 15 is 0 Å². The Labute approximate surface area is 181 Å². The Kier molecular flexibility index (Phi) is 8.04. The van der Waals surface area contributed by atoms with Gasteiger partial charge in [0.1, 0.15) is 11.9 Å². The highest BCUT2D eigenvalue weighted by molar-refractivity contribution is 5.99. The van der Waals surface area contributed by atoms with Crippen LogP contribution in [0.15, 0.2) is 29.1 Å². The minimum atomic E-state index is -1.35. The summed E-state index contributed by atoms with van der Waals surface area (Å²) >= 11 is 0. The molecule has 0 spiro atoms. The van der Waals surface area contributed by atoms with Gasteiger partial charge in [-0.1, -0.05) is 12.1 Å². The average molecular weight is 445 g/mol. The molecular weight excluding hydrogens is 422 g/mol. The van der Waals surface area contributed by atoms with E-state index in [1.807, 2.05) is 0 Å². The summed E-state index contributed by atoms with van der Waals surface area (Å²) in [6.45, 7) is 0. The fourth-order valence-corrected chi connectivity index (χ4v) is 2.92. The molecule has 0 bridgehead atoms. The van der Waals surface area contributed by atoms with Crippen molar-refractivity contribution in [3.05, 3.63) is 51.3 Å². The average Bonchev–Trinajstić information content (AvgIpc) is 2.72. The van der Waals surface area contributed by atoms with E-state index in [9.17, 15) is 24.0 Å². The third-order valence-corrected chi connectivity index (χ3v) is 4.62. The Morgan fingerprint density at radius 3 is 2.22 bits per heavy atom. The fraction of sp³-hybridized carbons (Fsp3) is 0.300. The van der Waals surface area contributed by atoms with Crippen LogP contribution in [-0.2, 0) is 16.0 Å². The molecule has 0 saturated heterocycles. The molecule has 0 radical (unpaired) electrons. The molecule has 1 aromatic carbocycles. The molecule has 12 nitrogen and oxygen atoms in total. The highest BCUT2D eigenvalue weighted by Crippen LogP contribution is 2.12. The molecule has 2 aromatic rings. The lowest BCUT2D eigenvalue weighted by molar-refractivity contribution is -0.140.